The highest BCUT2D eigenvalue weighted by atomic mass is 16.6. The average Bonchev–Trinajstić information content (AvgIpc) is 3.06. The Morgan fingerprint density at radius 1 is 1.36 bits per heavy atom. The molecule has 25 heavy (non-hydrogen) atoms. The van der Waals surface area contributed by atoms with Crippen LogP contribution in [0, 0.1) is 5.41 Å². The third kappa shape index (κ3) is 3.04. The van der Waals surface area contributed by atoms with Crippen molar-refractivity contribution in [3.05, 3.63) is 30.1 Å². The number of imidazole rings is 1. The van der Waals surface area contributed by atoms with Gasteiger partial charge in [0, 0.05) is 20.0 Å². The summed E-state index contributed by atoms with van der Waals surface area (Å²) in [5.74, 6) is 1.04. The Morgan fingerprint density at radius 3 is 2.88 bits per heavy atom. The first kappa shape index (κ1) is 16.5. The third-order valence-electron chi connectivity index (χ3n) is 5.69. The lowest BCUT2D eigenvalue weighted by Gasteiger charge is -2.29. The van der Waals surface area contributed by atoms with Crippen LogP contribution in [0.3, 0.4) is 0 Å². The Labute approximate surface area is 148 Å². The molecule has 2 aliphatic rings. The zero-order valence-corrected chi connectivity index (χ0v) is 15.0. The number of hydrogen-bond donors (Lipinski definition) is 1. The van der Waals surface area contributed by atoms with Gasteiger partial charge in [0.1, 0.15) is 11.9 Å². The van der Waals surface area contributed by atoms with Crippen molar-refractivity contribution in [3.8, 4) is 0 Å². The minimum absolute atomic E-state index is 0.00900. The van der Waals surface area contributed by atoms with E-state index in [1.54, 1.807) is 0 Å². The Hall–Kier alpha value is -1.92. The predicted molar refractivity (Wildman–Crippen MR) is 96.1 cm³/mol. The second-order valence-corrected chi connectivity index (χ2v) is 7.53. The van der Waals surface area contributed by atoms with Crippen molar-refractivity contribution in [2.75, 3.05) is 26.7 Å². The van der Waals surface area contributed by atoms with Crippen molar-refractivity contribution in [1.82, 2.24) is 19.8 Å². The number of hydrogen-bond acceptors (Lipinski definition) is 5. The van der Waals surface area contributed by atoms with Crippen LogP contribution in [0.5, 0.6) is 0 Å². The summed E-state index contributed by atoms with van der Waals surface area (Å²) in [7, 11) is 4.12. The molecule has 0 saturated carbocycles. The summed E-state index contributed by atoms with van der Waals surface area (Å²) in [6.45, 7) is 3.33. The topological polar surface area (TPSA) is 59.4 Å². The lowest BCUT2D eigenvalue weighted by Crippen LogP contribution is -2.39. The average molecular weight is 342 g/mol. The molecule has 1 aromatic carbocycles. The zero-order chi connectivity index (χ0) is 17.4. The number of aromatic nitrogens is 2. The number of para-hydroxylation sites is 2. The van der Waals surface area contributed by atoms with E-state index >= 15 is 0 Å². The number of rotatable bonds is 4. The zero-order valence-electron chi connectivity index (χ0n) is 15.0. The van der Waals surface area contributed by atoms with E-state index in [9.17, 15) is 4.79 Å². The SMILES string of the molecule is CN(Cc1nc2ccccc2n1C)CC1CC2(CCNCC2)C(=O)O1. The molecule has 0 radical (unpaired) electrons. The Kier molecular flexibility index (Phi) is 4.25. The molecule has 1 aromatic heterocycles. The number of nitrogens with zero attached hydrogens (tertiary/aromatic N) is 3. The van der Waals surface area contributed by atoms with Gasteiger partial charge in [-0.15, -0.1) is 0 Å². The normalized spacial score (nSPS) is 22.8. The maximum absolute atomic E-state index is 12.4. The summed E-state index contributed by atoms with van der Waals surface area (Å²) in [6, 6.07) is 8.18. The number of carbonyl (C=O) groups is 1. The number of benzene rings is 1. The van der Waals surface area contributed by atoms with E-state index in [0.717, 1.165) is 62.3 Å². The molecule has 2 fully saturated rings. The van der Waals surface area contributed by atoms with Crippen LogP contribution in [0.15, 0.2) is 24.3 Å². The van der Waals surface area contributed by atoms with Crippen LogP contribution in [-0.2, 0) is 23.1 Å². The first-order chi connectivity index (χ1) is 12.1. The predicted octanol–water partition coefficient (Wildman–Crippen LogP) is 1.69. The molecule has 6 heteroatoms. The molecule has 1 spiro atoms. The fourth-order valence-corrected chi connectivity index (χ4v) is 4.24. The maximum Gasteiger partial charge on any atom is 0.312 e. The largest absolute Gasteiger partial charge is 0.461 e. The summed E-state index contributed by atoms with van der Waals surface area (Å²) >= 11 is 0. The van der Waals surface area contributed by atoms with Gasteiger partial charge in [0.2, 0.25) is 0 Å². The van der Waals surface area contributed by atoms with Crippen molar-refractivity contribution in [3.63, 3.8) is 0 Å². The summed E-state index contributed by atoms with van der Waals surface area (Å²) in [5, 5.41) is 3.33. The van der Waals surface area contributed by atoms with Crippen molar-refractivity contribution in [2.24, 2.45) is 12.5 Å². The molecule has 4 rings (SSSR count). The standard InChI is InChI=1S/C19H26N4O2/c1-22(13-17-21-15-5-3-4-6-16(15)23(17)2)12-14-11-19(18(24)25-14)7-9-20-10-8-19/h3-6,14,20H,7-13H2,1-2H3. The van der Waals surface area contributed by atoms with Crippen LogP contribution >= 0.6 is 0 Å². The summed E-state index contributed by atoms with van der Waals surface area (Å²) in [5.41, 5.74) is 1.93. The second-order valence-electron chi connectivity index (χ2n) is 7.53. The summed E-state index contributed by atoms with van der Waals surface area (Å²) in [4.78, 5) is 19.3. The molecule has 0 bridgehead atoms. The van der Waals surface area contributed by atoms with Crippen molar-refractivity contribution >= 4 is 17.0 Å². The molecule has 0 aliphatic carbocycles. The first-order valence-electron chi connectivity index (χ1n) is 9.08. The molecule has 2 saturated heterocycles. The van der Waals surface area contributed by atoms with Gasteiger partial charge in [-0.2, -0.15) is 0 Å². The van der Waals surface area contributed by atoms with Gasteiger partial charge in [0.15, 0.2) is 0 Å². The Balaban J connectivity index is 1.41. The number of esters is 1. The van der Waals surface area contributed by atoms with Gasteiger partial charge >= 0.3 is 5.97 Å². The van der Waals surface area contributed by atoms with E-state index in [1.165, 1.54) is 0 Å². The van der Waals surface area contributed by atoms with Crippen molar-refractivity contribution in [2.45, 2.75) is 31.9 Å². The molecule has 1 N–H and O–H groups in total. The summed E-state index contributed by atoms with van der Waals surface area (Å²) < 4.78 is 7.86. The van der Waals surface area contributed by atoms with Gasteiger partial charge in [0.05, 0.1) is 23.0 Å². The number of nitrogens with one attached hydrogen (secondary N) is 1. The van der Waals surface area contributed by atoms with Gasteiger partial charge in [-0.25, -0.2) is 4.98 Å². The van der Waals surface area contributed by atoms with Crippen LogP contribution in [0.25, 0.3) is 11.0 Å². The van der Waals surface area contributed by atoms with E-state index in [0.29, 0.717) is 0 Å². The van der Waals surface area contributed by atoms with E-state index in [2.05, 4.69) is 34.9 Å². The van der Waals surface area contributed by atoms with E-state index < -0.39 is 0 Å². The highest BCUT2D eigenvalue weighted by Gasteiger charge is 2.49. The molecule has 134 valence electrons. The Morgan fingerprint density at radius 2 is 2.12 bits per heavy atom. The van der Waals surface area contributed by atoms with Crippen molar-refractivity contribution < 1.29 is 9.53 Å². The molecule has 1 atom stereocenters. The number of ether oxygens (including phenoxy) is 1. The van der Waals surface area contributed by atoms with Gasteiger partial charge in [-0.3, -0.25) is 9.69 Å². The number of cyclic esters (lactones) is 1. The van der Waals surface area contributed by atoms with E-state index in [1.807, 2.05) is 18.2 Å². The summed E-state index contributed by atoms with van der Waals surface area (Å²) in [6.07, 6.45) is 2.64. The number of aryl methyl sites for hydroxylation is 1. The molecule has 1 unspecified atom stereocenters. The minimum Gasteiger partial charge on any atom is -0.461 e. The first-order valence-corrected chi connectivity index (χ1v) is 9.08. The lowest BCUT2D eigenvalue weighted by atomic mass is 9.76. The minimum atomic E-state index is -0.241. The van der Waals surface area contributed by atoms with Gasteiger partial charge < -0.3 is 14.6 Å². The molecule has 3 heterocycles. The fraction of sp³-hybridized carbons (Fsp3) is 0.579. The molecule has 0 amide bonds. The van der Waals surface area contributed by atoms with E-state index in [4.69, 9.17) is 9.72 Å². The number of piperidine rings is 1. The smallest absolute Gasteiger partial charge is 0.312 e. The van der Waals surface area contributed by atoms with Crippen LogP contribution in [-0.4, -0.2) is 53.2 Å². The molecule has 6 nitrogen and oxygen atoms in total. The number of carbonyl (C=O) groups excluding carboxylic acids is 1. The Bertz CT molecular complexity index is 779. The van der Waals surface area contributed by atoms with Gasteiger partial charge in [0.25, 0.3) is 0 Å². The van der Waals surface area contributed by atoms with Gasteiger partial charge in [-0.05, 0) is 45.1 Å². The second kappa shape index (κ2) is 6.42. The quantitative estimate of drug-likeness (QED) is 0.857. The highest BCUT2D eigenvalue weighted by Crippen LogP contribution is 2.41. The molecular formula is C19H26N4O2. The van der Waals surface area contributed by atoms with Crippen LogP contribution in [0.1, 0.15) is 25.1 Å². The fourth-order valence-electron chi connectivity index (χ4n) is 4.24. The molecular weight excluding hydrogens is 316 g/mol. The third-order valence-corrected chi connectivity index (χ3v) is 5.69. The molecule has 2 aliphatic heterocycles. The van der Waals surface area contributed by atoms with Crippen molar-refractivity contribution in [1.29, 1.82) is 0 Å². The highest BCUT2D eigenvalue weighted by molar-refractivity contribution is 5.79. The monoisotopic (exact) mass is 342 g/mol. The maximum atomic E-state index is 12.4. The van der Waals surface area contributed by atoms with Crippen LogP contribution in [0.4, 0.5) is 0 Å². The van der Waals surface area contributed by atoms with Crippen LogP contribution < -0.4 is 5.32 Å². The lowest BCUT2D eigenvalue weighted by molar-refractivity contribution is -0.150. The molecule has 2 aromatic rings. The van der Waals surface area contributed by atoms with Crippen LogP contribution in [0.2, 0.25) is 0 Å². The number of fused-ring (bicyclic) bond motifs is 1. The van der Waals surface area contributed by atoms with E-state index in [-0.39, 0.29) is 17.5 Å². The van der Waals surface area contributed by atoms with Gasteiger partial charge in [-0.1, -0.05) is 12.1 Å². The number of likely N-dealkylation sites (N-methyl/N-ethyl adjacent to an activating group) is 1.